The fourth-order valence-electron chi connectivity index (χ4n) is 3.84. The molecule has 0 atom stereocenters. The summed E-state index contributed by atoms with van der Waals surface area (Å²) in [5, 5.41) is 0.475. The number of carbonyl (C=O) groups is 1. The molecule has 37 heavy (non-hydrogen) atoms. The summed E-state index contributed by atoms with van der Waals surface area (Å²) in [5.41, 5.74) is 0.893. The van der Waals surface area contributed by atoms with E-state index in [4.69, 9.17) is 4.74 Å². The number of para-hydroxylation sites is 2. The van der Waals surface area contributed by atoms with Gasteiger partial charge in [0.15, 0.2) is 15.0 Å². The molecule has 196 valence electrons. The summed E-state index contributed by atoms with van der Waals surface area (Å²) < 4.78 is 31.2. The molecule has 0 radical (unpaired) electrons. The molecule has 3 aromatic carbocycles. The Kier molecular flexibility index (Phi) is 9.67. The van der Waals surface area contributed by atoms with Gasteiger partial charge in [-0.15, -0.1) is 12.4 Å². The van der Waals surface area contributed by atoms with Crippen LogP contribution in [-0.2, 0) is 9.84 Å². The van der Waals surface area contributed by atoms with Crippen molar-refractivity contribution in [2.45, 2.75) is 18.7 Å². The molecule has 4 rings (SSSR count). The molecular formula is C27H30ClN3O4S2. The van der Waals surface area contributed by atoms with Gasteiger partial charge < -0.3 is 9.64 Å². The number of hydrogen-bond donors (Lipinski definition) is 0. The van der Waals surface area contributed by atoms with Crippen LogP contribution in [0.1, 0.15) is 24.2 Å². The van der Waals surface area contributed by atoms with E-state index in [0.717, 1.165) is 17.8 Å². The minimum absolute atomic E-state index is 0. The zero-order valence-corrected chi connectivity index (χ0v) is 23.4. The summed E-state index contributed by atoms with van der Waals surface area (Å²) >= 11 is 1.32. The lowest BCUT2D eigenvalue weighted by Gasteiger charge is -2.24. The molecule has 10 heteroatoms. The maximum absolute atomic E-state index is 13.7. The van der Waals surface area contributed by atoms with E-state index < -0.39 is 9.84 Å². The molecule has 0 unspecified atom stereocenters. The highest BCUT2D eigenvalue weighted by molar-refractivity contribution is 7.91. The minimum atomic E-state index is -3.46. The molecule has 7 nitrogen and oxygen atoms in total. The van der Waals surface area contributed by atoms with Gasteiger partial charge in [-0.3, -0.25) is 9.69 Å². The van der Waals surface area contributed by atoms with Gasteiger partial charge in [-0.25, -0.2) is 13.4 Å². The molecule has 0 spiro atoms. The number of fused-ring (bicyclic) bond motifs is 1. The summed E-state index contributed by atoms with van der Waals surface area (Å²) in [6.45, 7) is 6.98. The predicted molar refractivity (Wildman–Crippen MR) is 152 cm³/mol. The number of rotatable bonds is 10. The van der Waals surface area contributed by atoms with E-state index in [2.05, 4.69) is 23.7 Å². The number of nitrogens with zero attached hydrogens (tertiary/aromatic N) is 3. The third kappa shape index (κ3) is 6.87. The Labute approximate surface area is 228 Å². The molecule has 0 fully saturated rings. The fourth-order valence-corrected chi connectivity index (χ4v) is 5.75. The van der Waals surface area contributed by atoms with E-state index in [1.165, 1.54) is 17.6 Å². The number of benzene rings is 3. The number of likely N-dealkylation sites (N-methyl/N-ethyl adjacent to an activating group) is 1. The van der Waals surface area contributed by atoms with Crippen LogP contribution in [0.5, 0.6) is 11.5 Å². The zero-order valence-electron chi connectivity index (χ0n) is 21.0. The van der Waals surface area contributed by atoms with E-state index in [1.807, 2.05) is 36.4 Å². The number of anilines is 1. The van der Waals surface area contributed by atoms with Gasteiger partial charge in [0.1, 0.15) is 17.0 Å². The van der Waals surface area contributed by atoms with Gasteiger partial charge in [0.05, 0.1) is 9.60 Å². The summed E-state index contributed by atoms with van der Waals surface area (Å²) in [6, 6.07) is 21.5. The second-order valence-corrected chi connectivity index (χ2v) is 11.3. The molecule has 0 aliphatic carbocycles. The van der Waals surface area contributed by atoms with Crippen LogP contribution in [0.25, 0.3) is 10.2 Å². The lowest BCUT2D eigenvalue weighted by molar-refractivity contribution is 0.0983. The first-order chi connectivity index (χ1) is 17.3. The Bertz CT molecular complexity index is 1440. The fraction of sp³-hybridized carbons (Fsp3) is 0.259. The standard InChI is InChI=1S/C27H29N3O4S2.ClH/c1-4-29(5-2)18-19-30(27-28-25-23(35-27)12-9-13-24(25)36(3,32)33)26(31)20-14-16-22(17-15-20)34-21-10-7-6-8-11-21;/h6-17H,4-5,18-19H2,1-3H3;1H. The van der Waals surface area contributed by atoms with Gasteiger partial charge in [0.2, 0.25) is 0 Å². The van der Waals surface area contributed by atoms with Gasteiger partial charge in [-0.2, -0.15) is 0 Å². The summed E-state index contributed by atoms with van der Waals surface area (Å²) in [6.07, 6.45) is 1.17. The van der Waals surface area contributed by atoms with Gasteiger partial charge in [-0.1, -0.05) is 49.4 Å². The van der Waals surface area contributed by atoms with E-state index in [1.54, 1.807) is 41.3 Å². The number of amides is 1. The van der Waals surface area contributed by atoms with E-state index in [-0.39, 0.29) is 23.2 Å². The molecule has 0 aliphatic heterocycles. The van der Waals surface area contributed by atoms with Crippen molar-refractivity contribution in [3.63, 3.8) is 0 Å². The first-order valence-corrected chi connectivity index (χ1v) is 14.5. The number of hydrogen-bond acceptors (Lipinski definition) is 7. The van der Waals surface area contributed by atoms with Gasteiger partial charge in [0, 0.05) is 24.9 Å². The van der Waals surface area contributed by atoms with Crippen LogP contribution in [0, 0.1) is 0 Å². The molecule has 1 amide bonds. The van der Waals surface area contributed by atoms with Gasteiger partial charge in [0.25, 0.3) is 5.91 Å². The monoisotopic (exact) mass is 559 g/mol. The van der Waals surface area contributed by atoms with Crippen molar-refractivity contribution in [3.05, 3.63) is 78.4 Å². The summed E-state index contributed by atoms with van der Waals surface area (Å²) in [7, 11) is -3.46. The smallest absolute Gasteiger partial charge is 0.260 e. The molecule has 1 heterocycles. The molecule has 1 aromatic heterocycles. The Morgan fingerprint density at radius 3 is 2.16 bits per heavy atom. The number of aromatic nitrogens is 1. The highest BCUT2D eigenvalue weighted by atomic mass is 35.5. The first-order valence-electron chi connectivity index (χ1n) is 11.8. The zero-order chi connectivity index (χ0) is 25.7. The number of ether oxygens (including phenoxy) is 1. The first kappa shape index (κ1) is 28.6. The number of carbonyl (C=O) groups excluding carboxylic acids is 1. The van der Waals surface area contributed by atoms with Crippen LogP contribution in [0.4, 0.5) is 5.13 Å². The normalized spacial score (nSPS) is 11.4. The molecule has 0 N–H and O–H groups in total. The third-order valence-corrected chi connectivity index (χ3v) is 8.03. The van der Waals surface area contributed by atoms with Crippen molar-refractivity contribution in [1.82, 2.24) is 9.88 Å². The van der Waals surface area contributed by atoms with E-state index in [9.17, 15) is 13.2 Å². The second kappa shape index (κ2) is 12.5. The predicted octanol–water partition coefficient (Wildman–Crippen LogP) is 5.90. The second-order valence-electron chi connectivity index (χ2n) is 8.29. The molecule has 4 aromatic rings. The van der Waals surface area contributed by atoms with Crippen molar-refractivity contribution < 1.29 is 17.9 Å². The third-order valence-electron chi connectivity index (χ3n) is 5.86. The van der Waals surface area contributed by atoms with Crippen LogP contribution < -0.4 is 9.64 Å². The molecule has 0 aliphatic rings. The largest absolute Gasteiger partial charge is 0.457 e. The maximum atomic E-state index is 13.7. The number of sulfone groups is 1. The average molecular weight is 560 g/mol. The summed E-state index contributed by atoms with van der Waals surface area (Å²) in [4.78, 5) is 22.3. The lowest BCUT2D eigenvalue weighted by Crippen LogP contribution is -2.38. The Morgan fingerprint density at radius 2 is 1.54 bits per heavy atom. The Balaban J connectivity index is 0.00000380. The molecule has 0 saturated carbocycles. The van der Waals surface area contributed by atoms with Crippen molar-refractivity contribution >= 4 is 54.8 Å². The molecule has 0 saturated heterocycles. The van der Waals surface area contributed by atoms with Gasteiger partial charge in [-0.05, 0) is 61.6 Å². The Hall–Kier alpha value is -2.98. The number of thiazole rings is 1. The van der Waals surface area contributed by atoms with E-state index >= 15 is 0 Å². The highest BCUT2D eigenvalue weighted by Crippen LogP contribution is 2.33. The van der Waals surface area contributed by atoms with E-state index in [0.29, 0.717) is 40.8 Å². The lowest BCUT2D eigenvalue weighted by atomic mass is 10.2. The summed E-state index contributed by atoms with van der Waals surface area (Å²) in [5.74, 6) is 1.15. The highest BCUT2D eigenvalue weighted by Gasteiger charge is 2.24. The van der Waals surface area contributed by atoms with Crippen LogP contribution in [0.3, 0.4) is 0 Å². The number of halogens is 1. The molecular weight excluding hydrogens is 530 g/mol. The maximum Gasteiger partial charge on any atom is 0.260 e. The topological polar surface area (TPSA) is 79.8 Å². The van der Waals surface area contributed by atoms with Crippen LogP contribution >= 0.6 is 23.7 Å². The quantitative estimate of drug-likeness (QED) is 0.240. The average Bonchev–Trinajstić information content (AvgIpc) is 3.31. The van der Waals surface area contributed by atoms with Crippen LogP contribution in [-0.4, -0.2) is 56.6 Å². The minimum Gasteiger partial charge on any atom is -0.457 e. The van der Waals surface area contributed by atoms with Crippen molar-refractivity contribution in [3.8, 4) is 11.5 Å². The van der Waals surface area contributed by atoms with Crippen LogP contribution in [0.15, 0.2) is 77.7 Å². The Morgan fingerprint density at radius 1 is 0.892 bits per heavy atom. The SMILES string of the molecule is CCN(CC)CCN(C(=O)c1ccc(Oc2ccccc2)cc1)c1nc2c(S(C)(=O)=O)cccc2s1.Cl. The van der Waals surface area contributed by atoms with Crippen molar-refractivity contribution in [2.24, 2.45) is 0 Å². The molecule has 0 bridgehead atoms. The van der Waals surface area contributed by atoms with Crippen molar-refractivity contribution in [1.29, 1.82) is 0 Å². The van der Waals surface area contributed by atoms with Crippen LogP contribution in [0.2, 0.25) is 0 Å². The van der Waals surface area contributed by atoms with Gasteiger partial charge >= 0.3 is 0 Å². The van der Waals surface area contributed by atoms with Crippen molar-refractivity contribution in [2.75, 3.05) is 37.3 Å².